The van der Waals surface area contributed by atoms with Crippen molar-refractivity contribution in [3.05, 3.63) is 77.8 Å². The summed E-state index contributed by atoms with van der Waals surface area (Å²) >= 11 is 5.95. The molecule has 0 radical (unpaired) electrons. The van der Waals surface area contributed by atoms with Crippen molar-refractivity contribution in [1.82, 2.24) is 0 Å². The molecule has 0 spiro atoms. The first-order valence-corrected chi connectivity index (χ1v) is 6.31. The lowest BCUT2D eigenvalue weighted by atomic mass is 10.2. The topological polar surface area (TPSA) is 21.6 Å². The highest BCUT2D eigenvalue weighted by atomic mass is 35.5. The highest BCUT2D eigenvalue weighted by Crippen LogP contribution is 2.19. The van der Waals surface area contributed by atoms with Crippen LogP contribution < -0.4 is 0 Å². The average Bonchev–Trinajstić information content (AvgIpc) is 2.44. The summed E-state index contributed by atoms with van der Waals surface area (Å²) in [7, 11) is 0. The van der Waals surface area contributed by atoms with Crippen LogP contribution in [0.3, 0.4) is 0 Å². The number of halogens is 1. The number of nitrogens with zero attached hydrogens (tertiary/aromatic N) is 1. The predicted octanol–water partition coefficient (Wildman–Crippen LogP) is 4.62. The standard InChI is InChI=1S/C16H14ClNO/c1-2-11-19-16(13-7-4-3-5-8-13)18-15-10-6-9-14(17)12-15/h2-10,12H,1,11H2. The van der Waals surface area contributed by atoms with Gasteiger partial charge in [-0.2, -0.15) is 0 Å². The molecule has 3 heteroatoms. The molecule has 0 aromatic heterocycles. The van der Waals surface area contributed by atoms with Gasteiger partial charge in [0.15, 0.2) is 0 Å². The SMILES string of the molecule is C=CCOC(=Nc1cccc(Cl)c1)c1ccccc1. The van der Waals surface area contributed by atoms with Crippen LogP contribution in [0.15, 0.2) is 72.2 Å². The number of ether oxygens (including phenoxy) is 1. The molecule has 0 amide bonds. The van der Waals surface area contributed by atoms with Gasteiger partial charge in [0.25, 0.3) is 0 Å². The average molecular weight is 272 g/mol. The molecule has 0 bridgehead atoms. The van der Waals surface area contributed by atoms with Crippen LogP contribution >= 0.6 is 11.6 Å². The Bertz CT molecular complexity index is 578. The Morgan fingerprint density at radius 1 is 1.16 bits per heavy atom. The maximum absolute atomic E-state index is 5.95. The molecular weight excluding hydrogens is 258 g/mol. The summed E-state index contributed by atoms with van der Waals surface area (Å²) < 4.78 is 5.61. The van der Waals surface area contributed by atoms with Crippen molar-refractivity contribution in [3.8, 4) is 0 Å². The minimum atomic E-state index is 0.411. The highest BCUT2D eigenvalue weighted by Gasteiger charge is 2.04. The van der Waals surface area contributed by atoms with Gasteiger partial charge in [-0.3, -0.25) is 0 Å². The van der Waals surface area contributed by atoms with E-state index in [1.54, 1.807) is 12.1 Å². The van der Waals surface area contributed by atoms with Crippen molar-refractivity contribution >= 4 is 23.2 Å². The molecule has 0 unspecified atom stereocenters. The van der Waals surface area contributed by atoms with Gasteiger partial charge in [0.1, 0.15) is 6.61 Å². The van der Waals surface area contributed by atoms with Gasteiger partial charge < -0.3 is 4.74 Å². The van der Waals surface area contributed by atoms with Gasteiger partial charge in [0, 0.05) is 10.6 Å². The lowest BCUT2D eigenvalue weighted by Crippen LogP contribution is -2.06. The van der Waals surface area contributed by atoms with Gasteiger partial charge in [-0.1, -0.05) is 48.5 Å². The molecule has 0 fully saturated rings. The molecule has 0 atom stereocenters. The van der Waals surface area contributed by atoms with E-state index < -0.39 is 0 Å². The van der Waals surface area contributed by atoms with E-state index in [1.165, 1.54) is 0 Å². The maximum atomic E-state index is 5.95. The lowest BCUT2D eigenvalue weighted by Gasteiger charge is -2.07. The Hall–Kier alpha value is -2.06. The number of rotatable bonds is 4. The first-order chi connectivity index (χ1) is 9.29. The Balaban J connectivity index is 2.34. The quantitative estimate of drug-likeness (QED) is 0.452. The number of hydrogen-bond acceptors (Lipinski definition) is 2. The van der Waals surface area contributed by atoms with Crippen LogP contribution in [0.5, 0.6) is 0 Å². The van der Waals surface area contributed by atoms with Gasteiger partial charge in [-0.05, 0) is 30.3 Å². The molecule has 0 N–H and O–H groups in total. The van der Waals surface area contributed by atoms with Crippen LogP contribution in [0.4, 0.5) is 5.69 Å². The molecule has 0 aliphatic carbocycles. The predicted molar refractivity (Wildman–Crippen MR) is 80.2 cm³/mol. The zero-order valence-corrected chi connectivity index (χ0v) is 11.2. The third-order valence-electron chi connectivity index (χ3n) is 2.40. The summed E-state index contributed by atoms with van der Waals surface area (Å²) in [6, 6.07) is 17.1. The van der Waals surface area contributed by atoms with Crippen LogP contribution in [-0.2, 0) is 4.74 Å². The largest absolute Gasteiger partial charge is 0.473 e. The van der Waals surface area contributed by atoms with Gasteiger partial charge in [-0.25, -0.2) is 4.99 Å². The van der Waals surface area contributed by atoms with Gasteiger partial charge >= 0.3 is 0 Å². The van der Waals surface area contributed by atoms with Crippen molar-refractivity contribution < 1.29 is 4.74 Å². The third-order valence-corrected chi connectivity index (χ3v) is 2.63. The van der Waals surface area contributed by atoms with Crippen LogP contribution in [0.1, 0.15) is 5.56 Å². The molecule has 0 saturated heterocycles. The molecule has 2 aromatic carbocycles. The normalized spacial score (nSPS) is 11.1. The third kappa shape index (κ3) is 3.97. The van der Waals surface area contributed by atoms with E-state index in [1.807, 2.05) is 48.5 Å². The smallest absolute Gasteiger partial charge is 0.221 e. The summed E-state index contributed by atoms with van der Waals surface area (Å²) in [5, 5.41) is 0.650. The van der Waals surface area contributed by atoms with E-state index in [9.17, 15) is 0 Å². The van der Waals surface area contributed by atoms with E-state index in [4.69, 9.17) is 16.3 Å². The van der Waals surface area contributed by atoms with Crippen LogP contribution in [0.25, 0.3) is 0 Å². The van der Waals surface area contributed by atoms with E-state index >= 15 is 0 Å². The van der Waals surface area contributed by atoms with Crippen molar-refractivity contribution in [1.29, 1.82) is 0 Å². The maximum Gasteiger partial charge on any atom is 0.221 e. The summed E-state index contributed by atoms with van der Waals surface area (Å²) in [6.07, 6.45) is 1.69. The van der Waals surface area contributed by atoms with E-state index in [-0.39, 0.29) is 0 Å². The molecule has 96 valence electrons. The second kappa shape index (κ2) is 6.76. The fraction of sp³-hybridized carbons (Fsp3) is 0.0625. The monoisotopic (exact) mass is 271 g/mol. The minimum Gasteiger partial charge on any atom is -0.473 e. The second-order valence-electron chi connectivity index (χ2n) is 3.86. The van der Waals surface area contributed by atoms with Crippen LogP contribution in [-0.4, -0.2) is 12.5 Å². The highest BCUT2D eigenvalue weighted by molar-refractivity contribution is 6.30. The van der Waals surface area contributed by atoms with Gasteiger partial charge in [0.05, 0.1) is 5.69 Å². The van der Waals surface area contributed by atoms with Crippen LogP contribution in [0.2, 0.25) is 5.02 Å². The van der Waals surface area contributed by atoms with Crippen molar-refractivity contribution in [2.75, 3.05) is 6.61 Å². The number of hydrogen-bond donors (Lipinski definition) is 0. The zero-order chi connectivity index (χ0) is 13.5. The fourth-order valence-electron chi connectivity index (χ4n) is 1.56. The summed E-state index contributed by atoms with van der Waals surface area (Å²) in [4.78, 5) is 4.49. The lowest BCUT2D eigenvalue weighted by molar-refractivity contribution is 0.352. The molecule has 2 rings (SSSR count). The number of benzene rings is 2. The molecule has 0 aliphatic heterocycles. The number of aliphatic imine (C=N–C) groups is 1. The Morgan fingerprint density at radius 3 is 2.63 bits per heavy atom. The molecule has 2 aromatic rings. The summed E-state index contributed by atoms with van der Waals surface area (Å²) in [5.41, 5.74) is 1.68. The van der Waals surface area contributed by atoms with E-state index in [2.05, 4.69) is 11.6 Å². The first-order valence-electron chi connectivity index (χ1n) is 5.93. The molecule has 2 nitrogen and oxygen atoms in total. The molecular formula is C16H14ClNO. The second-order valence-corrected chi connectivity index (χ2v) is 4.30. The van der Waals surface area contributed by atoms with Crippen LogP contribution in [0, 0.1) is 0 Å². The van der Waals surface area contributed by atoms with Gasteiger partial charge in [0.2, 0.25) is 5.90 Å². The fourth-order valence-corrected chi connectivity index (χ4v) is 1.75. The van der Waals surface area contributed by atoms with Crippen molar-refractivity contribution in [3.63, 3.8) is 0 Å². The van der Waals surface area contributed by atoms with Crippen molar-refractivity contribution in [2.45, 2.75) is 0 Å². The van der Waals surface area contributed by atoms with E-state index in [0.717, 1.165) is 11.3 Å². The Morgan fingerprint density at radius 2 is 1.95 bits per heavy atom. The van der Waals surface area contributed by atoms with E-state index in [0.29, 0.717) is 17.5 Å². The Labute approximate surface area is 118 Å². The summed E-state index contributed by atoms with van der Waals surface area (Å²) in [5.74, 6) is 0.558. The first kappa shape index (κ1) is 13.4. The summed E-state index contributed by atoms with van der Waals surface area (Å²) in [6.45, 7) is 4.06. The molecule has 19 heavy (non-hydrogen) atoms. The zero-order valence-electron chi connectivity index (χ0n) is 10.4. The molecule has 0 saturated carbocycles. The molecule has 0 heterocycles. The minimum absolute atomic E-state index is 0.411. The van der Waals surface area contributed by atoms with Crippen molar-refractivity contribution in [2.24, 2.45) is 4.99 Å². The Kier molecular flexibility index (Phi) is 4.76. The molecule has 0 aliphatic rings. The van der Waals surface area contributed by atoms with Gasteiger partial charge in [-0.15, -0.1) is 0 Å².